The van der Waals surface area contributed by atoms with Crippen molar-refractivity contribution in [1.29, 1.82) is 5.26 Å². The highest BCUT2D eigenvalue weighted by Crippen LogP contribution is 2.31. The fourth-order valence-electron chi connectivity index (χ4n) is 2.67. The van der Waals surface area contributed by atoms with Crippen LogP contribution < -0.4 is 5.73 Å². The number of nitrogens with two attached hydrogens (primary N) is 1. The molecule has 1 aromatic carbocycles. The molecule has 4 nitrogen and oxygen atoms in total. The third kappa shape index (κ3) is 2.58. The van der Waals surface area contributed by atoms with Gasteiger partial charge in [-0.05, 0) is 49.2 Å². The fraction of sp³-hybridized carbons (Fsp3) is 0.158. The number of rotatable bonds is 2. The van der Waals surface area contributed by atoms with Crippen LogP contribution in [-0.2, 0) is 7.05 Å². The van der Waals surface area contributed by atoms with Crippen LogP contribution in [0.15, 0.2) is 42.6 Å². The number of nitrogen functional groups attached to an aromatic ring is 1. The van der Waals surface area contributed by atoms with E-state index < -0.39 is 0 Å². The van der Waals surface area contributed by atoms with E-state index in [4.69, 9.17) is 5.73 Å². The van der Waals surface area contributed by atoms with Gasteiger partial charge in [0.05, 0.1) is 5.69 Å². The van der Waals surface area contributed by atoms with Crippen molar-refractivity contribution in [3.63, 3.8) is 0 Å². The van der Waals surface area contributed by atoms with E-state index in [2.05, 4.69) is 37.0 Å². The van der Waals surface area contributed by atoms with Gasteiger partial charge in [-0.2, -0.15) is 5.26 Å². The van der Waals surface area contributed by atoms with Gasteiger partial charge in [-0.3, -0.25) is 0 Å². The molecule has 0 saturated heterocycles. The number of aryl methyl sites for hydroxylation is 3. The summed E-state index contributed by atoms with van der Waals surface area (Å²) in [5, 5.41) is 9.45. The van der Waals surface area contributed by atoms with E-state index in [-0.39, 0.29) is 5.82 Å². The van der Waals surface area contributed by atoms with E-state index in [1.807, 2.05) is 42.1 Å². The van der Waals surface area contributed by atoms with Crippen molar-refractivity contribution in [2.24, 2.45) is 7.05 Å². The Morgan fingerprint density at radius 1 is 1.13 bits per heavy atom. The summed E-state index contributed by atoms with van der Waals surface area (Å²) in [7, 11) is 1.95. The zero-order valence-corrected chi connectivity index (χ0v) is 13.5. The monoisotopic (exact) mass is 302 g/mol. The molecule has 2 N–H and O–H groups in total. The molecule has 0 aliphatic carbocycles. The summed E-state index contributed by atoms with van der Waals surface area (Å²) in [6, 6.07) is 14.2. The van der Waals surface area contributed by atoms with Gasteiger partial charge < -0.3 is 10.3 Å². The third-order valence-corrected chi connectivity index (χ3v) is 4.18. The summed E-state index contributed by atoms with van der Waals surface area (Å²) in [6.07, 6.45) is 1.95. The van der Waals surface area contributed by atoms with E-state index in [0.717, 1.165) is 22.5 Å². The Balaban J connectivity index is 2.25. The maximum absolute atomic E-state index is 9.45. The normalized spacial score (nSPS) is 10.5. The SMILES string of the molecule is Cc1ccc(-c2cc(-c3cccn3C)c(C#N)c(N)n2)cc1C. The first-order chi connectivity index (χ1) is 11.0. The predicted octanol–water partition coefficient (Wildman–Crippen LogP) is 3.82. The molecule has 0 radical (unpaired) electrons. The maximum Gasteiger partial charge on any atom is 0.142 e. The lowest BCUT2D eigenvalue weighted by Crippen LogP contribution is -2.01. The molecule has 0 aliphatic rings. The van der Waals surface area contributed by atoms with Gasteiger partial charge in [0, 0.05) is 30.1 Å². The second-order valence-corrected chi connectivity index (χ2v) is 5.73. The molecular weight excluding hydrogens is 284 g/mol. The predicted molar refractivity (Wildman–Crippen MR) is 92.7 cm³/mol. The van der Waals surface area contributed by atoms with Gasteiger partial charge in [-0.15, -0.1) is 0 Å². The van der Waals surface area contributed by atoms with Gasteiger partial charge in [0.1, 0.15) is 17.5 Å². The Hall–Kier alpha value is -3.06. The Morgan fingerprint density at radius 2 is 1.91 bits per heavy atom. The van der Waals surface area contributed by atoms with E-state index in [1.54, 1.807) is 0 Å². The van der Waals surface area contributed by atoms with Gasteiger partial charge >= 0.3 is 0 Å². The third-order valence-electron chi connectivity index (χ3n) is 4.18. The van der Waals surface area contributed by atoms with Crippen LogP contribution in [0, 0.1) is 25.2 Å². The zero-order valence-electron chi connectivity index (χ0n) is 13.5. The molecule has 0 atom stereocenters. The molecule has 0 saturated carbocycles. The molecule has 23 heavy (non-hydrogen) atoms. The molecule has 0 aliphatic heterocycles. The molecule has 0 amide bonds. The second kappa shape index (κ2) is 5.62. The van der Waals surface area contributed by atoms with Crippen LogP contribution in [0.1, 0.15) is 16.7 Å². The fourth-order valence-corrected chi connectivity index (χ4v) is 2.67. The van der Waals surface area contributed by atoms with Crippen molar-refractivity contribution in [3.8, 4) is 28.6 Å². The number of anilines is 1. The number of nitrogens with zero attached hydrogens (tertiary/aromatic N) is 3. The molecule has 0 unspecified atom stereocenters. The van der Waals surface area contributed by atoms with E-state index in [1.165, 1.54) is 11.1 Å². The molecule has 3 aromatic rings. The average molecular weight is 302 g/mol. The van der Waals surface area contributed by atoms with Gasteiger partial charge in [0.2, 0.25) is 0 Å². The highest BCUT2D eigenvalue weighted by atomic mass is 14.9. The van der Waals surface area contributed by atoms with Crippen LogP contribution in [0.3, 0.4) is 0 Å². The van der Waals surface area contributed by atoms with Crippen LogP contribution in [0.25, 0.3) is 22.5 Å². The largest absolute Gasteiger partial charge is 0.383 e. The van der Waals surface area contributed by atoms with E-state index in [9.17, 15) is 5.26 Å². The summed E-state index contributed by atoms with van der Waals surface area (Å²) < 4.78 is 1.97. The zero-order chi connectivity index (χ0) is 16.6. The summed E-state index contributed by atoms with van der Waals surface area (Å²) in [6.45, 7) is 4.15. The number of hydrogen-bond donors (Lipinski definition) is 1. The quantitative estimate of drug-likeness (QED) is 0.782. The van der Waals surface area contributed by atoms with Crippen LogP contribution in [0.4, 0.5) is 5.82 Å². The highest BCUT2D eigenvalue weighted by Gasteiger charge is 2.15. The lowest BCUT2D eigenvalue weighted by Gasteiger charge is -2.12. The Labute approximate surface area is 135 Å². The number of pyridine rings is 1. The Bertz CT molecular complexity index is 929. The summed E-state index contributed by atoms with van der Waals surface area (Å²) in [5.41, 5.74) is 12.4. The van der Waals surface area contributed by atoms with Crippen LogP contribution in [0.2, 0.25) is 0 Å². The van der Waals surface area contributed by atoms with Crippen LogP contribution in [0.5, 0.6) is 0 Å². The molecule has 2 heterocycles. The van der Waals surface area contributed by atoms with Crippen molar-refractivity contribution in [2.75, 3.05) is 5.73 Å². The summed E-state index contributed by atoms with van der Waals surface area (Å²) in [5.74, 6) is 0.263. The minimum absolute atomic E-state index is 0.263. The van der Waals surface area contributed by atoms with Crippen molar-refractivity contribution in [1.82, 2.24) is 9.55 Å². The Kier molecular flexibility index (Phi) is 3.63. The second-order valence-electron chi connectivity index (χ2n) is 5.73. The number of hydrogen-bond acceptors (Lipinski definition) is 3. The van der Waals surface area contributed by atoms with E-state index >= 15 is 0 Å². The molecule has 0 bridgehead atoms. The van der Waals surface area contributed by atoms with Crippen molar-refractivity contribution < 1.29 is 0 Å². The van der Waals surface area contributed by atoms with Crippen molar-refractivity contribution in [3.05, 3.63) is 59.3 Å². The molecule has 0 spiro atoms. The molecule has 4 heteroatoms. The molecule has 2 aromatic heterocycles. The van der Waals surface area contributed by atoms with E-state index in [0.29, 0.717) is 5.56 Å². The topological polar surface area (TPSA) is 67.6 Å². The first-order valence-corrected chi connectivity index (χ1v) is 7.41. The first-order valence-electron chi connectivity index (χ1n) is 7.41. The smallest absolute Gasteiger partial charge is 0.142 e. The maximum atomic E-state index is 9.45. The summed E-state index contributed by atoms with van der Waals surface area (Å²) in [4.78, 5) is 4.43. The van der Waals surface area contributed by atoms with Gasteiger partial charge in [0.15, 0.2) is 0 Å². The first kappa shape index (κ1) is 14.9. The number of benzene rings is 1. The van der Waals surface area contributed by atoms with Crippen LogP contribution >= 0.6 is 0 Å². The van der Waals surface area contributed by atoms with Gasteiger partial charge in [0.25, 0.3) is 0 Å². The molecule has 3 rings (SSSR count). The molecular formula is C19H18N4. The minimum Gasteiger partial charge on any atom is -0.383 e. The number of aromatic nitrogens is 2. The van der Waals surface area contributed by atoms with Crippen LogP contribution in [-0.4, -0.2) is 9.55 Å². The lowest BCUT2D eigenvalue weighted by atomic mass is 10.00. The minimum atomic E-state index is 0.263. The van der Waals surface area contributed by atoms with Gasteiger partial charge in [-0.25, -0.2) is 4.98 Å². The van der Waals surface area contributed by atoms with Crippen molar-refractivity contribution in [2.45, 2.75) is 13.8 Å². The standard InChI is InChI=1S/C19H18N4/c1-12-6-7-14(9-13(12)2)17-10-15(16(11-20)19(21)22-17)18-5-4-8-23(18)3/h4-10H,1-3H3,(H2,21,22). The molecule has 0 fully saturated rings. The Morgan fingerprint density at radius 3 is 2.52 bits per heavy atom. The summed E-state index contributed by atoms with van der Waals surface area (Å²) >= 11 is 0. The number of nitriles is 1. The van der Waals surface area contributed by atoms with Crippen molar-refractivity contribution >= 4 is 5.82 Å². The average Bonchev–Trinajstić information content (AvgIpc) is 2.95. The van der Waals surface area contributed by atoms with Gasteiger partial charge in [-0.1, -0.05) is 12.1 Å². The molecule has 114 valence electrons. The lowest BCUT2D eigenvalue weighted by molar-refractivity contribution is 0.936. The highest BCUT2D eigenvalue weighted by molar-refractivity contribution is 5.79.